The Bertz CT molecular complexity index is 1480. The summed E-state index contributed by atoms with van der Waals surface area (Å²) in [4.78, 5) is 25.8. The lowest BCUT2D eigenvalue weighted by Gasteiger charge is -2.40. The second kappa shape index (κ2) is 11.9. The van der Waals surface area contributed by atoms with Crippen LogP contribution in [-0.4, -0.2) is 30.1 Å². The van der Waals surface area contributed by atoms with Crippen LogP contribution in [0.1, 0.15) is 54.6 Å². The Morgan fingerprint density at radius 3 is 2.37 bits per heavy atom. The number of hydrogen-bond acceptors (Lipinski definition) is 5. The molecule has 11 heteroatoms. The Morgan fingerprint density at radius 1 is 1.10 bits per heavy atom. The van der Waals surface area contributed by atoms with Gasteiger partial charge < -0.3 is 16.0 Å². The van der Waals surface area contributed by atoms with Crippen molar-refractivity contribution < 1.29 is 18.4 Å². The number of carbonyl (C=O) groups excluding carboxylic acids is 2. The first-order valence-corrected chi connectivity index (χ1v) is 13.7. The van der Waals surface area contributed by atoms with Crippen LogP contribution in [0.4, 0.5) is 14.5 Å². The van der Waals surface area contributed by atoms with Crippen molar-refractivity contribution in [2.45, 2.75) is 50.6 Å². The fraction of sp³-hybridized carbons (Fsp3) is 0.300. The van der Waals surface area contributed by atoms with Gasteiger partial charge in [-0.25, -0.2) is 14.6 Å². The van der Waals surface area contributed by atoms with Crippen LogP contribution in [-0.2, 0) is 10.2 Å². The smallest absolute Gasteiger partial charge is 0.265 e. The summed E-state index contributed by atoms with van der Waals surface area (Å²) in [6, 6.07) is 12.8. The third-order valence-electron chi connectivity index (χ3n) is 7.40. The van der Waals surface area contributed by atoms with Crippen molar-refractivity contribution in [2.24, 2.45) is 11.3 Å². The number of nitrogens with one attached hydrogen (secondary N) is 4. The Hall–Kier alpha value is -3.37. The lowest BCUT2D eigenvalue weighted by atomic mass is 9.62. The molecule has 1 heterocycles. The van der Waals surface area contributed by atoms with Gasteiger partial charge in [-0.1, -0.05) is 62.2 Å². The monoisotopic (exact) mass is 601 g/mol. The average molecular weight is 603 g/mol. The van der Waals surface area contributed by atoms with E-state index in [1.54, 1.807) is 6.07 Å². The Morgan fingerprint density at radius 2 is 1.78 bits per heavy atom. The highest BCUT2D eigenvalue weighted by Gasteiger charge is 2.59. The normalized spacial score (nSPS) is 22.3. The first kappa shape index (κ1) is 30.6. The summed E-state index contributed by atoms with van der Waals surface area (Å²) >= 11 is 12.3. The minimum absolute atomic E-state index is 0.0642. The molecule has 0 saturated carbocycles. The number of nitrogen functional groups attached to an aromatic ring is 1. The van der Waals surface area contributed by atoms with Crippen LogP contribution in [0.2, 0.25) is 10.0 Å². The van der Waals surface area contributed by atoms with Crippen molar-refractivity contribution in [3.63, 3.8) is 0 Å². The predicted molar refractivity (Wildman–Crippen MR) is 158 cm³/mol. The summed E-state index contributed by atoms with van der Waals surface area (Å²) in [7, 11) is 0. The number of amides is 2. The van der Waals surface area contributed by atoms with Crippen LogP contribution in [0.3, 0.4) is 0 Å². The minimum atomic E-state index is -1.50. The van der Waals surface area contributed by atoms with Crippen LogP contribution < -0.4 is 21.9 Å². The highest BCUT2D eigenvalue weighted by Crippen LogP contribution is 2.52. The highest BCUT2D eigenvalue weighted by atomic mass is 35.5. The van der Waals surface area contributed by atoms with E-state index in [-0.39, 0.29) is 32.2 Å². The fourth-order valence-electron chi connectivity index (χ4n) is 5.68. The van der Waals surface area contributed by atoms with Crippen LogP contribution >= 0.6 is 23.2 Å². The standard InChI is InChI=1S/C30H31Cl2F2N5O2/c1-29(2,3)14-23-30(15-35,20-12-9-17(31)13-22(20)33)24(19-5-4-6-21(32)25(19)34)26(38-23)28(41)37-18-10-7-16(8-11-18)27(40)39-36/h4-13,15,23-24,26,35,38H,14,36H2,1-3H3,(H,37,41)(H,39,40)/t23-,24-,26+,30-/m0/s1. The molecule has 216 valence electrons. The molecule has 1 aliphatic rings. The zero-order valence-corrected chi connectivity index (χ0v) is 24.2. The van der Waals surface area contributed by atoms with Gasteiger partial charge in [0.2, 0.25) is 5.91 Å². The summed E-state index contributed by atoms with van der Waals surface area (Å²) in [5, 5.41) is 14.9. The number of carbonyl (C=O) groups is 2. The molecule has 4 atom stereocenters. The Balaban J connectivity index is 1.90. The SMILES string of the molecule is CC(C)(C)C[C@@H]1N[C@@H](C(=O)Nc2ccc(C(=O)NN)cc2)[C@H](c2cccc(Cl)c2F)[C@@]1(C=N)c1ccc(Cl)cc1F. The van der Waals surface area contributed by atoms with Crippen molar-refractivity contribution in [3.05, 3.63) is 99.0 Å². The lowest BCUT2D eigenvalue weighted by molar-refractivity contribution is -0.118. The first-order chi connectivity index (χ1) is 19.3. The van der Waals surface area contributed by atoms with E-state index in [9.17, 15) is 9.59 Å². The summed E-state index contributed by atoms with van der Waals surface area (Å²) in [5.74, 6) is 1.64. The number of nitrogens with two attached hydrogens (primary N) is 1. The van der Waals surface area contributed by atoms with E-state index in [1.807, 2.05) is 26.2 Å². The van der Waals surface area contributed by atoms with Crippen molar-refractivity contribution in [3.8, 4) is 0 Å². The van der Waals surface area contributed by atoms with E-state index in [2.05, 4.69) is 10.6 Å². The molecule has 0 unspecified atom stereocenters. The van der Waals surface area contributed by atoms with Gasteiger partial charge in [0.25, 0.3) is 5.91 Å². The molecule has 2 amide bonds. The molecule has 4 rings (SSSR count). The number of anilines is 1. The zero-order chi connectivity index (χ0) is 30.1. The number of hydrazine groups is 1. The minimum Gasteiger partial charge on any atom is -0.325 e. The van der Waals surface area contributed by atoms with E-state index in [0.29, 0.717) is 12.1 Å². The van der Waals surface area contributed by atoms with E-state index >= 15 is 8.78 Å². The third kappa shape index (κ3) is 5.99. The predicted octanol–water partition coefficient (Wildman–Crippen LogP) is 5.96. The summed E-state index contributed by atoms with van der Waals surface area (Å²) in [6.07, 6.45) is 1.51. The molecule has 7 nitrogen and oxygen atoms in total. The number of halogens is 4. The van der Waals surface area contributed by atoms with E-state index < -0.39 is 46.9 Å². The van der Waals surface area contributed by atoms with Gasteiger partial charge >= 0.3 is 0 Å². The average Bonchev–Trinajstić information content (AvgIpc) is 3.23. The van der Waals surface area contributed by atoms with Gasteiger partial charge in [-0.15, -0.1) is 0 Å². The zero-order valence-electron chi connectivity index (χ0n) is 22.7. The summed E-state index contributed by atoms with van der Waals surface area (Å²) in [6.45, 7) is 5.97. The van der Waals surface area contributed by atoms with Gasteiger partial charge in [0.15, 0.2) is 0 Å². The second-order valence-corrected chi connectivity index (χ2v) is 12.2. The molecule has 41 heavy (non-hydrogen) atoms. The molecule has 0 aromatic heterocycles. The van der Waals surface area contributed by atoms with E-state index in [0.717, 1.165) is 12.3 Å². The molecular weight excluding hydrogens is 571 g/mol. The van der Waals surface area contributed by atoms with Gasteiger partial charge in [0.1, 0.15) is 11.6 Å². The molecule has 1 aliphatic heterocycles. The maximum absolute atomic E-state index is 15.8. The van der Waals surface area contributed by atoms with Gasteiger partial charge in [0.05, 0.1) is 16.5 Å². The van der Waals surface area contributed by atoms with Crippen LogP contribution in [0.5, 0.6) is 0 Å². The van der Waals surface area contributed by atoms with E-state index in [4.69, 9.17) is 34.5 Å². The van der Waals surface area contributed by atoms with Crippen LogP contribution in [0.25, 0.3) is 0 Å². The molecular formula is C30H31Cl2F2N5O2. The molecule has 0 spiro atoms. The molecule has 0 bridgehead atoms. The molecule has 1 saturated heterocycles. The van der Waals surface area contributed by atoms with Crippen molar-refractivity contribution >= 4 is 46.9 Å². The maximum atomic E-state index is 15.8. The molecule has 3 aromatic carbocycles. The van der Waals surface area contributed by atoms with E-state index in [1.165, 1.54) is 48.5 Å². The van der Waals surface area contributed by atoms with Gasteiger partial charge in [-0.05, 0) is 59.9 Å². The third-order valence-corrected chi connectivity index (χ3v) is 7.93. The lowest BCUT2D eigenvalue weighted by Crippen LogP contribution is -2.46. The van der Waals surface area contributed by atoms with Gasteiger partial charge in [-0.3, -0.25) is 15.0 Å². The fourth-order valence-corrected chi connectivity index (χ4v) is 6.02. The highest BCUT2D eigenvalue weighted by molar-refractivity contribution is 6.31. The van der Waals surface area contributed by atoms with Crippen molar-refractivity contribution in [2.75, 3.05) is 5.32 Å². The van der Waals surface area contributed by atoms with Crippen molar-refractivity contribution in [1.29, 1.82) is 5.41 Å². The molecule has 0 aliphatic carbocycles. The largest absolute Gasteiger partial charge is 0.325 e. The Labute approximate surface area is 247 Å². The second-order valence-electron chi connectivity index (χ2n) is 11.3. The molecule has 0 radical (unpaired) electrons. The maximum Gasteiger partial charge on any atom is 0.265 e. The quantitative estimate of drug-likeness (QED) is 0.0992. The van der Waals surface area contributed by atoms with Gasteiger partial charge in [-0.2, -0.15) is 0 Å². The van der Waals surface area contributed by atoms with Gasteiger partial charge in [0, 0.05) is 40.0 Å². The molecule has 3 aromatic rings. The topological polar surface area (TPSA) is 120 Å². The molecule has 1 fully saturated rings. The van der Waals surface area contributed by atoms with Crippen LogP contribution in [0.15, 0.2) is 60.7 Å². The molecule has 6 N–H and O–H groups in total. The summed E-state index contributed by atoms with van der Waals surface area (Å²) < 4.78 is 31.5. The van der Waals surface area contributed by atoms with Crippen LogP contribution in [0, 0.1) is 22.5 Å². The summed E-state index contributed by atoms with van der Waals surface area (Å²) in [5.41, 5.74) is 1.04. The Kier molecular flexibility index (Phi) is 8.84. The van der Waals surface area contributed by atoms with Crippen molar-refractivity contribution in [1.82, 2.24) is 10.7 Å². The number of hydrogen-bond donors (Lipinski definition) is 5. The number of rotatable bonds is 7. The first-order valence-electron chi connectivity index (χ1n) is 12.9. The number of benzene rings is 3.